The van der Waals surface area contributed by atoms with Crippen LogP contribution in [0, 0.1) is 0 Å². The summed E-state index contributed by atoms with van der Waals surface area (Å²) in [5.41, 5.74) is 7.57. The second-order valence-electron chi connectivity index (χ2n) is 8.06. The fourth-order valence-electron chi connectivity index (χ4n) is 3.43. The molecule has 0 heterocycles. The number of rotatable bonds is 14. The van der Waals surface area contributed by atoms with Crippen LogP contribution in [-0.2, 0) is 0 Å². The SMILES string of the molecule is C=CC=CC=CC(C=C)=CC=CC/C=C\C(CC)=Nc1ccc(-c2ccc(/C(C=C)=C/C=C)cc2)cc1. The Bertz CT molecular complexity index is 1250. The first-order valence-electron chi connectivity index (χ1n) is 12.5. The largest absolute Gasteiger partial charge is 0.254 e. The van der Waals surface area contributed by atoms with Gasteiger partial charge in [0, 0.05) is 5.71 Å². The van der Waals surface area contributed by atoms with E-state index in [1.54, 1.807) is 12.2 Å². The van der Waals surface area contributed by atoms with Crippen molar-refractivity contribution in [2.45, 2.75) is 19.8 Å². The fourth-order valence-corrected chi connectivity index (χ4v) is 3.43. The van der Waals surface area contributed by atoms with E-state index in [9.17, 15) is 0 Å². The van der Waals surface area contributed by atoms with E-state index >= 15 is 0 Å². The van der Waals surface area contributed by atoms with Crippen LogP contribution in [0.1, 0.15) is 25.3 Å². The molecule has 0 aliphatic carbocycles. The molecule has 2 rings (SSSR count). The molecule has 1 nitrogen and oxygen atoms in total. The van der Waals surface area contributed by atoms with Crippen molar-refractivity contribution in [1.29, 1.82) is 0 Å². The smallest absolute Gasteiger partial charge is 0.0633 e. The number of hydrogen-bond acceptors (Lipinski definition) is 1. The Morgan fingerprint density at radius 2 is 1.41 bits per heavy atom. The highest BCUT2D eigenvalue weighted by Crippen LogP contribution is 2.25. The van der Waals surface area contributed by atoms with Gasteiger partial charge in [-0.3, -0.25) is 4.99 Å². The number of aliphatic imine (C=N–C) groups is 1. The van der Waals surface area contributed by atoms with Crippen LogP contribution in [0.15, 0.2) is 170 Å². The maximum absolute atomic E-state index is 4.82. The monoisotopic (exact) mass is 483 g/mol. The molecule has 0 aliphatic rings. The van der Waals surface area contributed by atoms with Crippen molar-refractivity contribution in [3.05, 3.63) is 171 Å². The van der Waals surface area contributed by atoms with Crippen molar-refractivity contribution in [3.63, 3.8) is 0 Å². The molecule has 0 spiro atoms. The average molecular weight is 484 g/mol. The van der Waals surface area contributed by atoms with E-state index in [2.05, 4.69) is 100.0 Å². The van der Waals surface area contributed by atoms with Crippen LogP contribution < -0.4 is 0 Å². The Balaban J connectivity index is 2.01. The summed E-state index contributed by atoms with van der Waals surface area (Å²) in [6.45, 7) is 17.3. The lowest BCUT2D eigenvalue weighted by molar-refractivity contribution is 1.27. The van der Waals surface area contributed by atoms with E-state index in [0.29, 0.717) is 0 Å². The quantitative estimate of drug-likeness (QED) is 0.187. The normalized spacial score (nSPS) is 13.2. The van der Waals surface area contributed by atoms with Gasteiger partial charge in [0.2, 0.25) is 0 Å². The Kier molecular flexibility index (Phi) is 13.2. The Labute approximate surface area is 223 Å². The van der Waals surface area contributed by atoms with Crippen molar-refractivity contribution in [3.8, 4) is 11.1 Å². The van der Waals surface area contributed by atoms with Crippen molar-refractivity contribution in [2.24, 2.45) is 4.99 Å². The molecule has 37 heavy (non-hydrogen) atoms. The predicted octanol–water partition coefficient (Wildman–Crippen LogP) is 10.5. The van der Waals surface area contributed by atoms with Gasteiger partial charge in [-0.05, 0) is 58.9 Å². The minimum absolute atomic E-state index is 0.838. The van der Waals surface area contributed by atoms with E-state index in [-0.39, 0.29) is 0 Å². The molecule has 0 N–H and O–H groups in total. The van der Waals surface area contributed by atoms with Crippen LogP contribution in [0.25, 0.3) is 16.7 Å². The van der Waals surface area contributed by atoms with Crippen molar-refractivity contribution in [1.82, 2.24) is 0 Å². The van der Waals surface area contributed by atoms with Gasteiger partial charge in [-0.15, -0.1) is 0 Å². The van der Waals surface area contributed by atoms with E-state index < -0.39 is 0 Å². The molecule has 186 valence electrons. The molecule has 0 radical (unpaired) electrons. The zero-order valence-electron chi connectivity index (χ0n) is 21.9. The van der Waals surface area contributed by atoms with Gasteiger partial charge in [-0.2, -0.15) is 0 Å². The van der Waals surface area contributed by atoms with Crippen molar-refractivity contribution < 1.29 is 0 Å². The summed E-state index contributed by atoms with van der Waals surface area (Å²) in [4.78, 5) is 4.82. The zero-order valence-corrected chi connectivity index (χ0v) is 21.9. The van der Waals surface area contributed by atoms with Gasteiger partial charge < -0.3 is 0 Å². The van der Waals surface area contributed by atoms with Gasteiger partial charge in [-0.1, -0.05) is 149 Å². The Morgan fingerprint density at radius 3 is 2.00 bits per heavy atom. The highest BCUT2D eigenvalue weighted by atomic mass is 14.7. The lowest BCUT2D eigenvalue weighted by atomic mass is 10.00. The van der Waals surface area contributed by atoms with E-state index in [1.165, 1.54) is 5.56 Å². The molecule has 1 heteroatoms. The van der Waals surface area contributed by atoms with Crippen molar-refractivity contribution in [2.75, 3.05) is 0 Å². The summed E-state index contributed by atoms with van der Waals surface area (Å²) < 4.78 is 0. The predicted molar refractivity (Wildman–Crippen MR) is 167 cm³/mol. The molecule has 0 aliphatic heterocycles. The molecule has 0 aromatic heterocycles. The first-order valence-corrected chi connectivity index (χ1v) is 12.5. The lowest BCUT2D eigenvalue weighted by Gasteiger charge is -2.06. The van der Waals surface area contributed by atoms with Gasteiger partial charge in [-0.25, -0.2) is 0 Å². The molecular weight excluding hydrogens is 446 g/mol. The first-order chi connectivity index (χ1) is 18.1. The summed E-state index contributed by atoms with van der Waals surface area (Å²) in [6, 6.07) is 16.9. The molecule has 0 saturated heterocycles. The molecule has 0 bridgehead atoms. The summed E-state index contributed by atoms with van der Waals surface area (Å²) >= 11 is 0. The molecule has 2 aromatic rings. The van der Waals surface area contributed by atoms with Gasteiger partial charge >= 0.3 is 0 Å². The summed E-state index contributed by atoms with van der Waals surface area (Å²) in [5.74, 6) is 0. The topological polar surface area (TPSA) is 12.4 Å². The summed E-state index contributed by atoms with van der Waals surface area (Å²) in [7, 11) is 0. The molecule has 0 unspecified atom stereocenters. The van der Waals surface area contributed by atoms with Crippen LogP contribution in [0.2, 0.25) is 0 Å². The standard InChI is InChI=1S/C36H37N/c1-6-11-12-15-19-30(8-3)20-16-13-14-17-21-35(10-5)37-36-28-26-34(27-29-36)33-24-22-32(23-25-33)31(9-4)18-7-2/h6-9,11-13,15-29H,1-4,10,14H2,5H3/b12-11?,16-13?,19-15?,21-17-,30-20?,31-18+,37-35?. The molecule has 0 fully saturated rings. The minimum atomic E-state index is 0.838. The zero-order chi connectivity index (χ0) is 26.7. The maximum Gasteiger partial charge on any atom is 0.0633 e. The van der Waals surface area contributed by atoms with Crippen LogP contribution in [0.5, 0.6) is 0 Å². The van der Waals surface area contributed by atoms with Crippen LogP contribution in [0.4, 0.5) is 5.69 Å². The molecule has 0 amide bonds. The second-order valence-corrected chi connectivity index (χ2v) is 8.06. The number of nitrogens with zero attached hydrogens (tertiary/aromatic N) is 1. The van der Waals surface area contributed by atoms with E-state index in [4.69, 9.17) is 4.99 Å². The van der Waals surface area contributed by atoms with Gasteiger partial charge in [0.05, 0.1) is 5.69 Å². The minimum Gasteiger partial charge on any atom is -0.254 e. The third-order valence-corrected chi connectivity index (χ3v) is 5.46. The average Bonchev–Trinajstić information content (AvgIpc) is 2.94. The van der Waals surface area contributed by atoms with Crippen LogP contribution in [-0.4, -0.2) is 5.71 Å². The summed E-state index contributed by atoms with van der Waals surface area (Å²) in [5, 5.41) is 0. The van der Waals surface area contributed by atoms with Gasteiger partial charge in [0.15, 0.2) is 0 Å². The maximum atomic E-state index is 4.82. The number of allylic oxidation sites excluding steroid dienone is 16. The van der Waals surface area contributed by atoms with Crippen LogP contribution >= 0.6 is 0 Å². The molecular formula is C36H37N. The number of benzene rings is 2. The highest BCUT2D eigenvalue weighted by molar-refractivity contribution is 5.96. The molecule has 0 atom stereocenters. The fraction of sp³-hybridized carbons (Fsp3) is 0.0833. The third kappa shape index (κ3) is 10.3. The lowest BCUT2D eigenvalue weighted by Crippen LogP contribution is -1.89. The molecule has 0 saturated carbocycles. The Morgan fingerprint density at radius 1 is 0.703 bits per heavy atom. The number of hydrogen-bond donors (Lipinski definition) is 0. The van der Waals surface area contributed by atoms with Crippen molar-refractivity contribution >= 4 is 17.0 Å². The highest BCUT2D eigenvalue weighted by Gasteiger charge is 2.01. The third-order valence-electron chi connectivity index (χ3n) is 5.46. The van der Waals surface area contributed by atoms with Gasteiger partial charge in [0.1, 0.15) is 0 Å². The van der Waals surface area contributed by atoms with E-state index in [1.807, 2.05) is 54.7 Å². The molecule has 2 aromatic carbocycles. The van der Waals surface area contributed by atoms with Crippen LogP contribution in [0.3, 0.4) is 0 Å². The second kappa shape index (κ2) is 17.0. The van der Waals surface area contributed by atoms with E-state index in [0.717, 1.165) is 46.5 Å². The van der Waals surface area contributed by atoms with Gasteiger partial charge in [0.25, 0.3) is 0 Å². The Hall–Kier alpha value is -4.49. The summed E-state index contributed by atoms with van der Waals surface area (Å²) in [6.07, 6.45) is 29.1. The first kappa shape index (κ1) is 28.7.